The van der Waals surface area contributed by atoms with Gasteiger partial charge in [0.15, 0.2) is 0 Å². The lowest BCUT2D eigenvalue weighted by atomic mass is 10.0. The first-order chi connectivity index (χ1) is 14.4. The van der Waals surface area contributed by atoms with Gasteiger partial charge in [-0.2, -0.15) is 0 Å². The maximum Gasteiger partial charge on any atom is 0.227 e. The predicted molar refractivity (Wildman–Crippen MR) is 118 cm³/mol. The molecule has 1 atom stereocenters. The van der Waals surface area contributed by atoms with E-state index in [1.54, 1.807) is 12.1 Å². The van der Waals surface area contributed by atoms with Gasteiger partial charge in [0.1, 0.15) is 11.6 Å². The Labute approximate surface area is 179 Å². The van der Waals surface area contributed by atoms with Crippen molar-refractivity contribution in [2.45, 2.75) is 45.7 Å². The minimum Gasteiger partial charge on any atom is -0.493 e. The molecule has 0 saturated carbocycles. The van der Waals surface area contributed by atoms with Crippen molar-refractivity contribution in [3.63, 3.8) is 0 Å². The van der Waals surface area contributed by atoms with Crippen LogP contribution in [0.2, 0.25) is 0 Å². The summed E-state index contributed by atoms with van der Waals surface area (Å²) >= 11 is 0. The van der Waals surface area contributed by atoms with E-state index in [0.717, 1.165) is 42.8 Å². The number of carbonyl (C=O) groups is 1. The summed E-state index contributed by atoms with van der Waals surface area (Å²) in [5.74, 6) is 1.15. The standard InChI is InChI=1S/C25H33FN2O2/c1-19(2)18-30-24-12-8-20(9-13-24)15-25(29)28(23-5-4-14-27(3)17-23)16-21-6-10-22(26)11-7-21/h6-13,19,23H,4-5,14-18H2,1-3H3/t23-/m0/s1. The lowest BCUT2D eigenvalue weighted by Gasteiger charge is -2.38. The molecule has 0 N–H and O–H groups in total. The Hall–Kier alpha value is -2.40. The third-order valence-corrected chi connectivity index (χ3v) is 5.49. The second-order valence-electron chi connectivity index (χ2n) is 8.73. The minimum atomic E-state index is -0.256. The number of piperidine rings is 1. The molecule has 0 bridgehead atoms. The first kappa shape index (κ1) is 22.3. The van der Waals surface area contributed by atoms with Gasteiger partial charge in [-0.15, -0.1) is 0 Å². The van der Waals surface area contributed by atoms with E-state index in [1.807, 2.05) is 29.2 Å². The third kappa shape index (κ3) is 6.56. The average molecular weight is 413 g/mol. The number of rotatable bonds is 8. The number of hydrogen-bond acceptors (Lipinski definition) is 3. The summed E-state index contributed by atoms with van der Waals surface area (Å²) < 4.78 is 19.0. The molecule has 1 saturated heterocycles. The Bertz CT molecular complexity index is 805. The number of likely N-dealkylation sites (N-methyl/N-ethyl adjacent to an activating group) is 1. The van der Waals surface area contributed by atoms with Gasteiger partial charge >= 0.3 is 0 Å². The highest BCUT2D eigenvalue weighted by molar-refractivity contribution is 5.79. The van der Waals surface area contributed by atoms with E-state index in [9.17, 15) is 9.18 Å². The highest BCUT2D eigenvalue weighted by atomic mass is 19.1. The summed E-state index contributed by atoms with van der Waals surface area (Å²) in [6, 6.07) is 14.4. The first-order valence-electron chi connectivity index (χ1n) is 10.8. The second-order valence-corrected chi connectivity index (χ2v) is 8.73. The number of benzene rings is 2. The van der Waals surface area contributed by atoms with Crippen LogP contribution < -0.4 is 4.74 Å². The maximum atomic E-state index is 13.3. The smallest absolute Gasteiger partial charge is 0.227 e. The Balaban J connectivity index is 1.70. The van der Waals surface area contributed by atoms with Crippen LogP contribution in [-0.4, -0.2) is 48.5 Å². The minimum absolute atomic E-state index is 0.107. The fourth-order valence-corrected chi connectivity index (χ4v) is 3.84. The molecule has 4 nitrogen and oxygen atoms in total. The molecule has 0 radical (unpaired) electrons. The van der Waals surface area contributed by atoms with Crippen LogP contribution in [0.4, 0.5) is 4.39 Å². The maximum absolute atomic E-state index is 13.3. The summed E-state index contributed by atoms with van der Waals surface area (Å²) in [5, 5.41) is 0. The van der Waals surface area contributed by atoms with Crippen molar-refractivity contribution in [3.8, 4) is 5.75 Å². The SMILES string of the molecule is CC(C)COc1ccc(CC(=O)N(Cc2ccc(F)cc2)[C@H]2CCCN(C)C2)cc1. The molecule has 1 fully saturated rings. The average Bonchev–Trinajstić information content (AvgIpc) is 2.72. The summed E-state index contributed by atoms with van der Waals surface area (Å²) in [6.07, 6.45) is 2.43. The van der Waals surface area contributed by atoms with Gasteiger partial charge in [0.05, 0.1) is 13.0 Å². The Morgan fingerprint density at radius 1 is 1.13 bits per heavy atom. The van der Waals surface area contributed by atoms with E-state index < -0.39 is 0 Å². The van der Waals surface area contributed by atoms with E-state index in [2.05, 4.69) is 25.8 Å². The molecule has 0 unspecified atom stereocenters. The lowest BCUT2D eigenvalue weighted by Crippen LogP contribution is -2.49. The van der Waals surface area contributed by atoms with Crippen molar-refractivity contribution in [1.82, 2.24) is 9.80 Å². The fourth-order valence-electron chi connectivity index (χ4n) is 3.84. The first-order valence-corrected chi connectivity index (χ1v) is 10.8. The van der Waals surface area contributed by atoms with Gasteiger partial charge in [0.25, 0.3) is 0 Å². The summed E-state index contributed by atoms with van der Waals surface area (Å²) in [6.45, 7) is 7.35. The van der Waals surface area contributed by atoms with Crippen LogP contribution in [0, 0.1) is 11.7 Å². The summed E-state index contributed by atoms with van der Waals surface area (Å²) in [7, 11) is 2.10. The van der Waals surface area contributed by atoms with Crippen LogP contribution in [0.3, 0.4) is 0 Å². The Morgan fingerprint density at radius 2 is 1.80 bits per heavy atom. The topological polar surface area (TPSA) is 32.8 Å². The lowest BCUT2D eigenvalue weighted by molar-refractivity contribution is -0.134. The zero-order chi connectivity index (χ0) is 21.5. The summed E-state index contributed by atoms with van der Waals surface area (Å²) in [5.41, 5.74) is 1.93. The largest absolute Gasteiger partial charge is 0.493 e. The highest BCUT2D eigenvalue weighted by Gasteiger charge is 2.27. The molecule has 162 valence electrons. The third-order valence-electron chi connectivity index (χ3n) is 5.49. The van der Waals surface area contributed by atoms with E-state index in [1.165, 1.54) is 12.1 Å². The molecule has 1 amide bonds. The molecule has 30 heavy (non-hydrogen) atoms. The van der Waals surface area contributed by atoms with Crippen molar-refractivity contribution in [2.24, 2.45) is 5.92 Å². The molecule has 1 aliphatic rings. The molecule has 5 heteroatoms. The van der Waals surface area contributed by atoms with Gasteiger partial charge in [-0.25, -0.2) is 4.39 Å². The Morgan fingerprint density at radius 3 is 2.43 bits per heavy atom. The highest BCUT2D eigenvalue weighted by Crippen LogP contribution is 2.20. The van der Waals surface area contributed by atoms with Gasteiger partial charge < -0.3 is 14.5 Å². The molecule has 0 aliphatic carbocycles. The molecule has 3 rings (SSSR count). The molecule has 1 aliphatic heterocycles. The van der Waals surface area contributed by atoms with Crippen LogP contribution in [0.25, 0.3) is 0 Å². The molecule has 2 aromatic carbocycles. The number of hydrogen-bond donors (Lipinski definition) is 0. The van der Waals surface area contributed by atoms with E-state index in [-0.39, 0.29) is 17.8 Å². The monoisotopic (exact) mass is 412 g/mol. The van der Waals surface area contributed by atoms with Gasteiger partial charge in [0.2, 0.25) is 5.91 Å². The Kier molecular flexibility index (Phi) is 7.86. The van der Waals surface area contributed by atoms with Gasteiger partial charge in [-0.1, -0.05) is 38.1 Å². The van der Waals surface area contributed by atoms with Crippen molar-refractivity contribution in [2.75, 3.05) is 26.7 Å². The molecular weight excluding hydrogens is 379 g/mol. The number of carbonyl (C=O) groups excluding carboxylic acids is 1. The normalized spacial score (nSPS) is 17.2. The van der Waals surface area contributed by atoms with Crippen LogP contribution in [0.5, 0.6) is 5.75 Å². The van der Waals surface area contributed by atoms with Crippen LogP contribution >= 0.6 is 0 Å². The zero-order valence-corrected chi connectivity index (χ0v) is 18.3. The zero-order valence-electron chi connectivity index (χ0n) is 18.3. The van der Waals surface area contributed by atoms with Crippen molar-refractivity contribution < 1.29 is 13.9 Å². The van der Waals surface area contributed by atoms with E-state index in [0.29, 0.717) is 25.5 Å². The second kappa shape index (κ2) is 10.6. The quantitative estimate of drug-likeness (QED) is 0.639. The molecule has 0 aromatic heterocycles. The fraction of sp³-hybridized carbons (Fsp3) is 0.480. The predicted octanol–water partition coefficient (Wildman–Crippen LogP) is 4.53. The van der Waals surface area contributed by atoms with Crippen molar-refractivity contribution in [3.05, 3.63) is 65.5 Å². The number of amides is 1. The van der Waals surface area contributed by atoms with Crippen LogP contribution in [0.1, 0.15) is 37.8 Å². The molecule has 1 heterocycles. The number of halogens is 1. The van der Waals surface area contributed by atoms with E-state index >= 15 is 0 Å². The van der Waals surface area contributed by atoms with Gasteiger partial charge in [-0.3, -0.25) is 4.79 Å². The molecule has 2 aromatic rings. The molecule has 0 spiro atoms. The number of nitrogens with zero attached hydrogens (tertiary/aromatic N) is 2. The van der Waals surface area contributed by atoms with Gasteiger partial charge in [-0.05, 0) is 67.7 Å². The molecular formula is C25H33FN2O2. The van der Waals surface area contributed by atoms with E-state index in [4.69, 9.17) is 4.74 Å². The number of ether oxygens (including phenoxy) is 1. The van der Waals surface area contributed by atoms with Crippen molar-refractivity contribution >= 4 is 5.91 Å². The van der Waals surface area contributed by atoms with Gasteiger partial charge in [0, 0.05) is 19.1 Å². The van der Waals surface area contributed by atoms with Crippen LogP contribution in [-0.2, 0) is 17.8 Å². The van der Waals surface area contributed by atoms with Crippen molar-refractivity contribution in [1.29, 1.82) is 0 Å². The van der Waals surface area contributed by atoms with Crippen LogP contribution in [0.15, 0.2) is 48.5 Å². The number of likely N-dealkylation sites (tertiary alicyclic amines) is 1. The summed E-state index contributed by atoms with van der Waals surface area (Å²) in [4.78, 5) is 17.5.